The predicted octanol–water partition coefficient (Wildman–Crippen LogP) is 2.04. The molecule has 0 spiro atoms. The quantitative estimate of drug-likeness (QED) is 0.390. The molecule has 0 aliphatic carbocycles. The van der Waals surface area contributed by atoms with Crippen LogP contribution in [-0.2, 0) is 4.79 Å². The third-order valence-electron chi connectivity index (χ3n) is 3.63. The lowest BCUT2D eigenvalue weighted by molar-refractivity contribution is -0.129. The highest BCUT2D eigenvalue weighted by Crippen LogP contribution is 2.18. The monoisotopic (exact) mass is 331 g/mol. The minimum Gasteiger partial charge on any atom is -0.481 e. The summed E-state index contributed by atoms with van der Waals surface area (Å²) in [7, 11) is 1.56. The molecule has 7 heteroatoms. The van der Waals surface area contributed by atoms with Crippen molar-refractivity contribution in [2.24, 2.45) is 0 Å². The Morgan fingerprint density at radius 1 is 1.17 bits per heavy atom. The second-order valence-electron chi connectivity index (χ2n) is 5.36. The van der Waals surface area contributed by atoms with Crippen LogP contribution in [0.4, 0.5) is 0 Å². The Hall–Kier alpha value is -2.67. The van der Waals surface area contributed by atoms with Crippen molar-refractivity contribution >= 4 is 22.7 Å². The molecule has 128 valence electrons. The normalized spacial score (nSPS) is 10.4. The second-order valence-corrected chi connectivity index (χ2v) is 5.36. The summed E-state index contributed by atoms with van der Waals surface area (Å²) in [5.74, 6) is 0.0100. The number of benzene rings is 1. The molecule has 0 radical (unpaired) electrons. The molecule has 0 unspecified atom stereocenters. The summed E-state index contributed by atoms with van der Waals surface area (Å²) in [6.45, 7) is 0.540. The van der Waals surface area contributed by atoms with Gasteiger partial charge < -0.3 is 10.1 Å². The average Bonchev–Trinajstić information content (AvgIpc) is 2.63. The van der Waals surface area contributed by atoms with Gasteiger partial charge in [-0.05, 0) is 37.1 Å². The van der Waals surface area contributed by atoms with Crippen molar-refractivity contribution in [1.29, 1.82) is 0 Å². The zero-order valence-corrected chi connectivity index (χ0v) is 13.5. The molecular weight excluding hydrogens is 310 g/mol. The van der Waals surface area contributed by atoms with Crippen LogP contribution < -0.4 is 15.5 Å². The maximum absolute atomic E-state index is 12.1. The van der Waals surface area contributed by atoms with Crippen LogP contribution in [0.25, 0.3) is 10.9 Å². The Morgan fingerprint density at radius 2 is 2.00 bits per heavy atom. The van der Waals surface area contributed by atoms with Gasteiger partial charge in [0.1, 0.15) is 0 Å². The molecule has 2 amide bonds. The zero-order chi connectivity index (χ0) is 17.4. The summed E-state index contributed by atoms with van der Waals surface area (Å²) in [6.07, 6.45) is 2.53. The summed E-state index contributed by atoms with van der Waals surface area (Å²) in [6, 6.07) is 8.94. The first-order valence-electron chi connectivity index (χ1n) is 7.80. The zero-order valence-electron chi connectivity index (χ0n) is 13.5. The molecule has 7 nitrogen and oxygen atoms in total. The Bertz CT molecular complexity index is 718. The third-order valence-corrected chi connectivity index (χ3v) is 3.63. The van der Waals surface area contributed by atoms with Crippen LogP contribution in [0, 0.1) is 0 Å². The highest BCUT2D eigenvalue weighted by Gasteiger charge is 2.07. The first-order chi connectivity index (χ1) is 11.6. The van der Waals surface area contributed by atoms with Crippen molar-refractivity contribution in [1.82, 2.24) is 15.8 Å². The predicted molar refractivity (Wildman–Crippen MR) is 89.0 cm³/mol. The van der Waals surface area contributed by atoms with E-state index in [0.29, 0.717) is 24.4 Å². The molecule has 2 aromatic rings. The van der Waals surface area contributed by atoms with E-state index in [2.05, 4.69) is 10.3 Å². The van der Waals surface area contributed by atoms with Gasteiger partial charge in [0.05, 0.1) is 12.6 Å². The van der Waals surface area contributed by atoms with Crippen LogP contribution in [-0.4, -0.2) is 35.7 Å². The van der Waals surface area contributed by atoms with Crippen LogP contribution in [0.15, 0.2) is 30.3 Å². The van der Waals surface area contributed by atoms with Crippen molar-refractivity contribution in [3.05, 3.63) is 35.9 Å². The Balaban J connectivity index is 1.82. The maximum Gasteiger partial charge on any atom is 0.251 e. The lowest BCUT2D eigenvalue weighted by Gasteiger charge is -2.07. The lowest BCUT2D eigenvalue weighted by atomic mass is 10.1. The number of hydrogen-bond acceptors (Lipinski definition) is 5. The van der Waals surface area contributed by atoms with Crippen LogP contribution in [0.2, 0.25) is 0 Å². The smallest absolute Gasteiger partial charge is 0.251 e. The minimum atomic E-state index is -0.388. The number of nitrogens with one attached hydrogen (secondary N) is 2. The van der Waals surface area contributed by atoms with Crippen LogP contribution in [0.5, 0.6) is 5.88 Å². The van der Waals surface area contributed by atoms with Crippen molar-refractivity contribution in [3.63, 3.8) is 0 Å². The van der Waals surface area contributed by atoms with Crippen LogP contribution in [0.3, 0.4) is 0 Å². The second kappa shape index (κ2) is 8.83. The number of pyridine rings is 1. The molecule has 1 aromatic carbocycles. The number of carbonyl (C=O) groups is 2. The van der Waals surface area contributed by atoms with Crippen molar-refractivity contribution in [3.8, 4) is 5.88 Å². The molecule has 0 fully saturated rings. The van der Waals surface area contributed by atoms with Crippen molar-refractivity contribution in [2.45, 2.75) is 25.7 Å². The fourth-order valence-electron chi connectivity index (χ4n) is 2.31. The number of rotatable bonds is 8. The van der Waals surface area contributed by atoms with E-state index in [1.807, 2.05) is 6.07 Å². The lowest BCUT2D eigenvalue weighted by Crippen LogP contribution is -2.24. The van der Waals surface area contributed by atoms with E-state index >= 15 is 0 Å². The van der Waals surface area contributed by atoms with E-state index in [0.717, 1.165) is 23.7 Å². The molecule has 0 saturated carbocycles. The number of hydrogen-bond donors (Lipinski definition) is 3. The van der Waals surface area contributed by atoms with Crippen LogP contribution in [0.1, 0.15) is 36.0 Å². The summed E-state index contributed by atoms with van der Waals surface area (Å²) in [5.41, 5.74) is 2.94. The number of fused-ring (bicyclic) bond motifs is 1. The third kappa shape index (κ3) is 4.92. The topological polar surface area (TPSA) is 101 Å². The van der Waals surface area contributed by atoms with Crippen LogP contribution >= 0.6 is 0 Å². The van der Waals surface area contributed by atoms with Crippen molar-refractivity contribution in [2.75, 3.05) is 13.7 Å². The summed E-state index contributed by atoms with van der Waals surface area (Å²) in [4.78, 5) is 27.3. The van der Waals surface area contributed by atoms with Gasteiger partial charge >= 0.3 is 0 Å². The fraction of sp³-hybridized carbons (Fsp3) is 0.353. The number of aromatic nitrogens is 1. The first kappa shape index (κ1) is 17.7. The minimum absolute atomic E-state index is 0.138. The number of amides is 2. The number of methoxy groups -OCH3 is 1. The maximum atomic E-state index is 12.1. The average molecular weight is 331 g/mol. The van der Waals surface area contributed by atoms with Gasteiger partial charge in [0.15, 0.2) is 0 Å². The highest BCUT2D eigenvalue weighted by atomic mass is 16.5. The molecule has 3 N–H and O–H groups in total. The van der Waals surface area contributed by atoms with E-state index in [4.69, 9.17) is 9.94 Å². The van der Waals surface area contributed by atoms with Gasteiger partial charge in [-0.2, -0.15) is 0 Å². The molecule has 0 saturated heterocycles. The van der Waals surface area contributed by atoms with Gasteiger partial charge in [-0.3, -0.25) is 14.8 Å². The van der Waals surface area contributed by atoms with E-state index < -0.39 is 0 Å². The Morgan fingerprint density at radius 3 is 2.75 bits per heavy atom. The summed E-state index contributed by atoms with van der Waals surface area (Å²) >= 11 is 0. The largest absolute Gasteiger partial charge is 0.481 e. The molecule has 2 rings (SSSR count). The summed E-state index contributed by atoms with van der Waals surface area (Å²) < 4.78 is 5.08. The van der Waals surface area contributed by atoms with Gasteiger partial charge in [0, 0.05) is 30.0 Å². The number of nitrogens with zero attached hydrogens (tertiary/aromatic N) is 1. The van der Waals surface area contributed by atoms with E-state index in [1.165, 1.54) is 0 Å². The van der Waals surface area contributed by atoms with Gasteiger partial charge in [0.25, 0.3) is 5.91 Å². The molecule has 0 bridgehead atoms. The highest BCUT2D eigenvalue weighted by molar-refractivity contribution is 5.97. The van der Waals surface area contributed by atoms with Gasteiger partial charge in [-0.25, -0.2) is 10.5 Å². The fourth-order valence-corrected chi connectivity index (χ4v) is 2.31. The first-order valence-corrected chi connectivity index (χ1v) is 7.80. The number of ether oxygens (including phenoxy) is 1. The van der Waals surface area contributed by atoms with Gasteiger partial charge in [-0.1, -0.05) is 6.42 Å². The van der Waals surface area contributed by atoms with Gasteiger partial charge in [0.2, 0.25) is 11.8 Å². The standard InChI is InChI=1S/C17H21N3O4/c1-24-16-9-7-12-11-13(6-8-14(12)19-16)17(22)18-10-4-2-3-5-15(21)20-23/h6-9,11,23H,2-5,10H2,1H3,(H,18,22)(H,20,21). The van der Waals surface area contributed by atoms with E-state index in [-0.39, 0.29) is 18.2 Å². The molecule has 1 aromatic heterocycles. The van der Waals surface area contributed by atoms with E-state index in [1.54, 1.807) is 36.9 Å². The molecule has 24 heavy (non-hydrogen) atoms. The molecule has 0 aliphatic heterocycles. The molecular formula is C17H21N3O4. The number of carbonyl (C=O) groups excluding carboxylic acids is 2. The SMILES string of the molecule is COc1ccc2cc(C(=O)NCCCCCC(=O)NO)ccc2n1. The molecule has 0 atom stereocenters. The van der Waals surface area contributed by atoms with Crippen molar-refractivity contribution < 1.29 is 19.5 Å². The summed E-state index contributed by atoms with van der Waals surface area (Å²) in [5, 5.41) is 12.1. The number of hydroxylamine groups is 1. The number of unbranched alkanes of at least 4 members (excludes halogenated alkanes) is 2. The Labute approximate surface area is 140 Å². The van der Waals surface area contributed by atoms with Gasteiger partial charge in [-0.15, -0.1) is 0 Å². The molecule has 1 heterocycles. The molecule has 0 aliphatic rings. The Kier molecular flexibility index (Phi) is 6.51. The van der Waals surface area contributed by atoms with E-state index in [9.17, 15) is 9.59 Å².